The molecule has 4 heterocycles. The smallest absolute Gasteiger partial charge is 0.259 e. The van der Waals surface area contributed by atoms with Crippen LogP contribution in [0.15, 0.2) is 61.1 Å². The van der Waals surface area contributed by atoms with Crippen LogP contribution in [0.25, 0.3) is 32.9 Å². The Bertz CT molecular complexity index is 1610. The maximum Gasteiger partial charge on any atom is 0.259 e. The van der Waals surface area contributed by atoms with E-state index >= 15 is 0 Å². The van der Waals surface area contributed by atoms with Gasteiger partial charge in [-0.05, 0) is 37.3 Å². The summed E-state index contributed by atoms with van der Waals surface area (Å²) in [5, 5.41) is 12.2. The first-order valence-corrected chi connectivity index (χ1v) is 11.3. The van der Waals surface area contributed by atoms with Gasteiger partial charge in [0.2, 0.25) is 5.88 Å². The van der Waals surface area contributed by atoms with Crippen LogP contribution in [0.4, 0.5) is 5.13 Å². The highest BCUT2D eigenvalue weighted by atomic mass is 32.1. The molecule has 0 unspecified atom stereocenters. The van der Waals surface area contributed by atoms with E-state index in [9.17, 15) is 4.79 Å². The number of hydrogen-bond acceptors (Lipinski definition) is 9. The number of carbonyl (C=O) groups is 1. The summed E-state index contributed by atoms with van der Waals surface area (Å²) in [6, 6.07) is 14.6. The van der Waals surface area contributed by atoms with Gasteiger partial charge in [0.15, 0.2) is 15.6 Å². The van der Waals surface area contributed by atoms with Gasteiger partial charge in [0.1, 0.15) is 0 Å². The molecule has 0 radical (unpaired) electrons. The standard InChI is InChI=1S/C25H17N7O2S/c1-14-10-18(17-4-3-9-27-23(17)34-2)19(12-28-14)22(33)32-25-31-21-24(35-25)30-20(13-29-21)16-7-5-15(11-26)6-8-16/h3-10,12-13H,1-2H3,(H,29,31,32,33). The molecule has 0 aliphatic carbocycles. The van der Waals surface area contributed by atoms with Crippen LogP contribution < -0.4 is 10.1 Å². The van der Waals surface area contributed by atoms with Crippen LogP contribution in [0.1, 0.15) is 21.6 Å². The first-order chi connectivity index (χ1) is 17.1. The molecule has 0 atom stereocenters. The predicted molar refractivity (Wildman–Crippen MR) is 132 cm³/mol. The fourth-order valence-corrected chi connectivity index (χ4v) is 4.31. The van der Waals surface area contributed by atoms with Gasteiger partial charge < -0.3 is 4.74 Å². The Morgan fingerprint density at radius 2 is 1.89 bits per heavy atom. The molecule has 1 amide bonds. The molecule has 0 spiro atoms. The van der Waals surface area contributed by atoms with Crippen molar-refractivity contribution in [1.29, 1.82) is 5.26 Å². The van der Waals surface area contributed by atoms with Crippen molar-refractivity contribution in [2.75, 3.05) is 12.4 Å². The fraction of sp³-hybridized carbons (Fsp3) is 0.0800. The summed E-state index contributed by atoms with van der Waals surface area (Å²) in [4.78, 5) is 35.8. The highest BCUT2D eigenvalue weighted by Crippen LogP contribution is 2.32. The van der Waals surface area contributed by atoms with Crippen molar-refractivity contribution in [1.82, 2.24) is 24.9 Å². The topological polar surface area (TPSA) is 127 Å². The van der Waals surface area contributed by atoms with Crippen molar-refractivity contribution < 1.29 is 9.53 Å². The van der Waals surface area contributed by atoms with Crippen molar-refractivity contribution in [2.24, 2.45) is 0 Å². The van der Waals surface area contributed by atoms with E-state index in [0.717, 1.165) is 11.3 Å². The largest absolute Gasteiger partial charge is 0.481 e. The number of ether oxygens (including phenoxy) is 1. The highest BCUT2D eigenvalue weighted by molar-refractivity contribution is 7.21. The first-order valence-electron chi connectivity index (χ1n) is 10.5. The van der Waals surface area contributed by atoms with Crippen molar-refractivity contribution in [3.05, 3.63) is 77.9 Å². The van der Waals surface area contributed by atoms with Gasteiger partial charge in [-0.15, -0.1) is 0 Å². The molecule has 0 aliphatic rings. The van der Waals surface area contributed by atoms with Gasteiger partial charge >= 0.3 is 0 Å². The third-order valence-electron chi connectivity index (χ3n) is 5.19. The minimum atomic E-state index is -0.371. The Hall–Kier alpha value is -4.75. The van der Waals surface area contributed by atoms with Crippen molar-refractivity contribution in [3.63, 3.8) is 0 Å². The number of hydrogen-bond donors (Lipinski definition) is 1. The minimum Gasteiger partial charge on any atom is -0.481 e. The van der Waals surface area contributed by atoms with Gasteiger partial charge in [0.05, 0.1) is 36.2 Å². The lowest BCUT2D eigenvalue weighted by atomic mass is 10.0. The summed E-state index contributed by atoms with van der Waals surface area (Å²) >= 11 is 1.22. The number of benzene rings is 1. The number of thiazole rings is 1. The monoisotopic (exact) mass is 479 g/mol. The van der Waals surface area contributed by atoms with E-state index in [-0.39, 0.29) is 5.91 Å². The van der Waals surface area contributed by atoms with Gasteiger partial charge in [0, 0.05) is 34.8 Å². The molecule has 9 nitrogen and oxygen atoms in total. The van der Waals surface area contributed by atoms with Crippen molar-refractivity contribution in [3.8, 4) is 34.3 Å². The lowest BCUT2D eigenvalue weighted by Gasteiger charge is -2.12. The van der Waals surface area contributed by atoms with E-state index in [1.165, 1.54) is 24.6 Å². The zero-order valence-electron chi connectivity index (χ0n) is 18.7. The average molecular weight is 480 g/mol. The number of anilines is 1. The molecule has 0 aliphatic heterocycles. The van der Waals surface area contributed by atoms with Crippen LogP contribution in [0.5, 0.6) is 5.88 Å². The number of nitrogens with one attached hydrogen (secondary N) is 1. The Morgan fingerprint density at radius 1 is 1.06 bits per heavy atom. The number of fused-ring (bicyclic) bond motifs is 1. The van der Waals surface area contributed by atoms with Crippen LogP contribution in [-0.4, -0.2) is 37.9 Å². The van der Waals surface area contributed by atoms with Gasteiger partial charge in [-0.25, -0.2) is 15.0 Å². The van der Waals surface area contributed by atoms with E-state index in [1.54, 1.807) is 30.6 Å². The molecule has 170 valence electrons. The molecule has 5 rings (SSSR count). The average Bonchev–Trinajstić information content (AvgIpc) is 3.30. The lowest BCUT2D eigenvalue weighted by Crippen LogP contribution is -2.14. The molecule has 4 aromatic heterocycles. The number of nitrogens with zero attached hydrogens (tertiary/aromatic N) is 6. The third kappa shape index (κ3) is 4.40. The maximum absolute atomic E-state index is 13.2. The van der Waals surface area contributed by atoms with E-state index in [1.807, 2.05) is 31.2 Å². The maximum atomic E-state index is 13.2. The SMILES string of the molecule is COc1ncccc1-c1cc(C)ncc1C(=O)Nc1nc2ncc(-c3ccc(C#N)cc3)nc2s1. The third-order valence-corrected chi connectivity index (χ3v) is 6.05. The summed E-state index contributed by atoms with van der Waals surface area (Å²) in [6.45, 7) is 1.85. The van der Waals surface area contributed by atoms with Gasteiger partial charge in [-0.2, -0.15) is 10.2 Å². The summed E-state index contributed by atoms with van der Waals surface area (Å²) in [5.41, 5.74) is 4.94. The number of aromatic nitrogens is 5. The van der Waals surface area contributed by atoms with E-state index < -0.39 is 0 Å². The molecule has 0 bridgehead atoms. The van der Waals surface area contributed by atoms with E-state index in [4.69, 9.17) is 10.00 Å². The molecule has 1 N–H and O–H groups in total. The number of methoxy groups -OCH3 is 1. The summed E-state index contributed by atoms with van der Waals surface area (Å²) in [5.74, 6) is 0.0423. The molecule has 0 saturated carbocycles. The second-order valence-electron chi connectivity index (χ2n) is 7.48. The molecule has 10 heteroatoms. The number of amides is 1. The molecular formula is C25H17N7O2S. The molecule has 1 aromatic carbocycles. The summed E-state index contributed by atoms with van der Waals surface area (Å²) in [7, 11) is 1.53. The first kappa shape index (κ1) is 22.1. The van der Waals surface area contributed by atoms with Crippen molar-refractivity contribution >= 4 is 32.9 Å². The zero-order chi connectivity index (χ0) is 24.4. The van der Waals surface area contributed by atoms with Gasteiger partial charge in [-0.3, -0.25) is 15.1 Å². The molecule has 0 fully saturated rings. The Balaban J connectivity index is 1.46. The second-order valence-corrected chi connectivity index (χ2v) is 8.46. The number of carbonyl (C=O) groups excluding carboxylic acids is 1. The van der Waals surface area contributed by atoms with E-state index in [0.29, 0.717) is 49.4 Å². The van der Waals surface area contributed by atoms with Crippen LogP contribution >= 0.6 is 11.3 Å². The van der Waals surface area contributed by atoms with Crippen LogP contribution in [0, 0.1) is 18.3 Å². The van der Waals surface area contributed by atoms with Crippen molar-refractivity contribution in [2.45, 2.75) is 6.92 Å². The Kier molecular flexibility index (Phi) is 5.83. The van der Waals surface area contributed by atoms with E-state index in [2.05, 4.69) is 36.3 Å². The van der Waals surface area contributed by atoms with Crippen LogP contribution in [0.2, 0.25) is 0 Å². The second kappa shape index (κ2) is 9.24. The van der Waals surface area contributed by atoms with Gasteiger partial charge in [-0.1, -0.05) is 23.5 Å². The van der Waals surface area contributed by atoms with Crippen LogP contribution in [0.3, 0.4) is 0 Å². The summed E-state index contributed by atoms with van der Waals surface area (Å²) < 4.78 is 5.39. The minimum absolute atomic E-state index is 0.361. The zero-order valence-corrected chi connectivity index (χ0v) is 19.5. The van der Waals surface area contributed by atoms with Crippen LogP contribution in [-0.2, 0) is 0 Å². The Labute approximate surface area is 204 Å². The normalized spacial score (nSPS) is 10.7. The fourth-order valence-electron chi connectivity index (χ4n) is 3.52. The quantitative estimate of drug-likeness (QED) is 0.386. The molecule has 0 saturated heterocycles. The number of aryl methyl sites for hydroxylation is 1. The molecule has 35 heavy (non-hydrogen) atoms. The highest BCUT2D eigenvalue weighted by Gasteiger charge is 2.19. The number of pyridine rings is 2. The van der Waals surface area contributed by atoms with Gasteiger partial charge in [0.25, 0.3) is 5.91 Å². The Morgan fingerprint density at radius 3 is 2.66 bits per heavy atom. The summed E-state index contributed by atoms with van der Waals surface area (Å²) in [6.07, 6.45) is 4.77. The molecule has 5 aromatic rings. The molecular weight excluding hydrogens is 462 g/mol. The predicted octanol–water partition coefficient (Wildman–Crippen LogP) is 4.65. The number of rotatable bonds is 5. The lowest BCUT2D eigenvalue weighted by molar-refractivity contribution is 0.102. The number of nitriles is 1.